The molecule has 3 fully saturated rings. The molecule has 5 aromatic rings. The molecule has 2 heterocycles. The Hall–Kier alpha value is -6.46. The van der Waals surface area contributed by atoms with Crippen LogP contribution in [-0.2, 0) is 24.6 Å². The first-order valence-corrected chi connectivity index (χ1v) is 19.0. The highest BCUT2D eigenvalue weighted by atomic mass is 35.5. The zero-order valence-corrected chi connectivity index (χ0v) is 31.3. The molecular formula is C45H36ClFN4O6. The van der Waals surface area contributed by atoms with E-state index in [-0.39, 0.29) is 30.2 Å². The number of rotatable bonds is 8. The smallest absolute Gasteiger partial charge is 0.260 e. The summed E-state index contributed by atoms with van der Waals surface area (Å²) in [5.41, 5.74) is 5.14. The number of ether oxygens (including phenoxy) is 1. The number of nitrogens with zero attached hydrogens (tertiary/aromatic N) is 2. The molecule has 0 spiro atoms. The Morgan fingerprint density at radius 3 is 2.16 bits per heavy atom. The number of amides is 4. The third-order valence-electron chi connectivity index (χ3n) is 12.0. The summed E-state index contributed by atoms with van der Waals surface area (Å²) < 4.78 is 19.5. The van der Waals surface area contributed by atoms with Gasteiger partial charge in [-0.3, -0.25) is 29.5 Å². The predicted molar refractivity (Wildman–Crippen MR) is 212 cm³/mol. The minimum atomic E-state index is -1.65. The summed E-state index contributed by atoms with van der Waals surface area (Å²) in [7, 11) is 1.42. The van der Waals surface area contributed by atoms with Gasteiger partial charge in [0.05, 0.1) is 41.7 Å². The lowest BCUT2D eigenvalue weighted by Crippen LogP contribution is -2.53. The van der Waals surface area contributed by atoms with Crippen LogP contribution >= 0.6 is 11.6 Å². The second-order valence-corrected chi connectivity index (χ2v) is 15.3. The van der Waals surface area contributed by atoms with Gasteiger partial charge in [-0.1, -0.05) is 65.7 Å². The summed E-state index contributed by atoms with van der Waals surface area (Å²) in [4.78, 5) is 60.4. The minimum absolute atomic E-state index is 0.0514. The van der Waals surface area contributed by atoms with Crippen LogP contribution in [0.1, 0.15) is 29.9 Å². The van der Waals surface area contributed by atoms with E-state index in [1.807, 2.05) is 48.5 Å². The highest BCUT2D eigenvalue weighted by Crippen LogP contribution is 2.65. The van der Waals surface area contributed by atoms with E-state index in [1.54, 1.807) is 54.6 Å². The first-order valence-electron chi connectivity index (χ1n) is 18.6. The molecular weight excluding hydrogens is 747 g/mol. The zero-order chi connectivity index (χ0) is 39.6. The van der Waals surface area contributed by atoms with E-state index >= 15 is 4.79 Å². The molecule has 0 aromatic heterocycles. The van der Waals surface area contributed by atoms with Gasteiger partial charge in [-0.15, -0.1) is 0 Å². The fraction of sp³-hybridized carbons (Fsp3) is 0.200. The van der Waals surface area contributed by atoms with E-state index in [2.05, 4.69) is 10.7 Å². The monoisotopic (exact) mass is 782 g/mol. The number of fused-ring (bicyclic) bond motifs is 4. The van der Waals surface area contributed by atoms with Crippen molar-refractivity contribution >= 4 is 58.0 Å². The van der Waals surface area contributed by atoms with Crippen LogP contribution < -0.4 is 20.4 Å². The van der Waals surface area contributed by atoms with Crippen molar-refractivity contribution < 1.29 is 33.4 Å². The summed E-state index contributed by atoms with van der Waals surface area (Å²) in [5, 5.41) is 16.5. The molecule has 0 radical (unpaired) electrons. The largest absolute Gasteiger partial charge is 0.504 e. The fourth-order valence-corrected chi connectivity index (χ4v) is 9.70. The molecule has 3 N–H and O–H groups in total. The molecule has 1 saturated carbocycles. The zero-order valence-electron chi connectivity index (χ0n) is 30.6. The van der Waals surface area contributed by atoms with Crippen LogP contribution in [0.25, 0.3) is 0 Å². The Morgan fingerprint density at radius 1 is 0.772 bits per heavy atom. The molecule has 0 bridgehead atoms. The lowest BCUT2D eigenvalue weighted by atomic mass is 9.49. The Labute approximate surface area is 332 Å². The van der Waals surface area contributed by atoms with Gasteiger partial charge in [0, 0.05) is 27.9 Å². The molecule has 6 atom stereocenters. The van der Waals surface area contributed by atoms with Crippen molar-refractivity contribution in [3.63, 3.8) is 0 Å². The van der Waals surface area contributed by atoms with Crippen molar-refractivity contribution in [3.8, 4) is 11.5 Å². The summed E-state index contributed by atoms with van der Waals surface area (Å²) >= 11 is 6.38. The summed E-state index contributed by atoms with van der Waals surface area (Å²) in [6.07, 6.45) is 2.17. The molecule has 12 heteroatoms. The molecule has 9 rings (SSSR count). The van der Waals surface area contributed by atoms with Crippen molar-refractivity contribution in [2.75, 3.05) is 22.8 Å². The first-order chi connectivity index (χ1) is 27.6. The third-order valence-corrected chi connectivity index (χ3v) is 12.3. The summed E-state index contributed by atoms with van der Waals surface area (Å²) in [6.45, 7) is 0. The maximum absolute atomic E-state index is 15.3. The number of phenols is 1. The van der Waals surface area contributed by atoms with Gasteiger partial charge in [0.1, 0.15) is 5.82 Å². The summed E-state index contributed by atoms with van der Waals surface area (Å²) in [6, 6.07) is 33.7. The van der Waals surface area contributed by atoms with Gasteiger partial charge in [0.15, 0.2) is 11.5 Å². The van der Waals surface area contributed by atoms with Gasteiger partial charge in [-0.05, 0) is 103 Å². The lowest BCUT2D eigenvalue weighted by Gasteiger charge is -2.50. The van der Waals surface area contributed by atoms with Crippen LogP contribution in [0.5, 0.6) is 11.5 Å². The molecule has 6 unspecified atom stereocenters. The number of benzene rings is 5. The number of aromatic hydroxyl groups is 1. The normalized spacial score (nSPS) is 25.1. The number of methoxy groups -OCH3 is 1. The highest BCUT2D eigenvalue weighted by Gasteiger charge is 2.70. The number of halogens is 2. The lowest BCUT2D eigenvalue weighted by molar-refractivity contribution is -0.138. The number of hydrogen-bond acceptors (Lipinski definition) is 8. The SMILES string of the molecule is COc1cccc(C2C3=CCC4C(=O)N(c5ccc(Nc6ccccc6)cc5)C(=O)C4C3CC3C(=O)N(Nc4ccc(F)cc4)C(=O)C32c2ccc(Cl)cc2)c1O. The number of anilines is 4. The number of para-hydroxylation sites is 2. The van der Waals surface area contributed by atoms with Gasteiger partial charge in [0.2, 0.25) is 11.8 Å². The van der Waals surface area contributed by atoms with Gasteiger partial charge >= 0.3 is 0 Å². The molecule has 2 aliphatic carbocycles. The second kappa shape index (κ2) is 13.9. The number of hydrogen-bond donors (Lipinski definition) is 3. The molecule has 57 heavy (non-hydrogen) atoms. The van der Waals surface area contributed by atoms with Crippen molar-refractivity contribution in [1.29, 1.82) is 0 Å². The maximum Gasteiger partial charge on any atom is 0.260 e. The molecule has 10 nitrogen and oxygen atoms in total. The number of phenolic OH excluding ortho intramolecular Hbond substituents is 1. The second-order valence-electron chi connectivity index (χ2n) is 14.8. The van der Waals surface area contributed by atoms with Crippen molar-refractivity contribution in [2.24, 2.45) is 23.7 Å². The average Bonchev–Trinajstić information content (AvgIpc) is 3.60. The van der Waals surface area contributed by atoms with Gasteiger partial charge < -0.3 is 15.2 Å². The molecule has 5 aromatic carbocycles. The first kappa shape index (κ1) is 36.2. The van der Waals surface area contributed by atoms with Crippen molar-refractivity contribution in [2.45, 2.75) is 24.2 Å². The number of allylic oxidation sites excluding steroid dienone is 2. The Bertz CT molecular complexity index is 2460. The number of hydrazine groups is 1. The Morgan fingerprint density at radius 2 is 1.46 bits per heavy atom. The van der Waals surface area contributed by atoms with Crippen LogP contribution in [0, 0.1) is 29.5 Å². The number of imide groups is 2. The van der Waals surface area contributed by atoms with Crippen molar-refractivity contribution in [1.82, 2.24) is 5.01 Å². The Balaban J connectivity index is 1.17. The minimum Gasteiger partial charge on any atom is -0.504 e. The maximum atomic E-state index is 15.3. The van der Waals surface area contributed by atoms with E-state index in [4.69, 9.17) is 16.3 Å². The van der Waals surface area contributed by atoms with E-state index in [0.717, 1.165) is 16.4 Å². The number of carbonyl (C=O) groups is 4. The molecule has 4 amide bonds. The van der Waals surface area contributed by atoms with Crippen LogP contribution in [0.2, 0.25) is 5.02 Å². The van der Waals surface area contributed by atoms with Crippen LogP contribution in [0.15, 0.2) is 133 Å². The van der Waals surface area contributed by atoms with Gasteiger partial charge in [-0.2, -0.15) is 5.01 Å². The van der Waals surface area contributed by atoms with E-state index in [9.17, 15) is 23.9 Å². The van der Waals surface area contributed by atoms with E-state index in [1.165, 1.54) is 36.3 Å². The van der Waals surface area contributed by atoms with Gasteiger partial charge in [0.25, 0.3) is 11.8 Å². The molecule has 286 valence electrons. The topological polar surface area (TPSA) is 128 Å². The van der Waals surface area contributed by atoms with Crippen molar-refractivity contribution in [3.05, 3.63) is 155 Å². The van der Waals surface area contributed by atoms with Crippen LogP contribution in [0.3, 0.4) is 0 Å². The number of carbonyl (C=O) groups excluding carboxylic acids is 4. The Kier molecular flexibility index (Phi) is 8.85. The number of nitrogens with one attached hydrogen (secondary N) is 2. The summed E-state index contributed by atoms with van der Waals surface area (Å²) in [5.74, 6) is -6.73. The quantitative estimate of drug-likeness (QED) is 0.106. The fourth-order valence-electron chi connectivity index (χ4n) is 9.57. The average molecular weight is 783 g/mol. The predicted octanol–water partition coefficient (Wildman–Crippen LogP) is 8.13. The third kappa shape index (κ3) is 5.67. The van der Waals surface area contributed by atoms with E-state index in [0.29, 0.717) is 33.1 Å². The van der Waals surface area contributed by atoms with Gasteiger partial charge in [-0.25, -0.2) is 4.39 Å². The van der Waals surface area contributed by atoms with E-state index < -0.39 is 58.5 Å². The molecule has 4 aliphatic rings. The standard InChI is InChI=1S/C45H36ClFN4O6/c1-57-37-9-5-8-34(40(37)52)39-32-22-23-33-38(43(55)50(41(33)53)31-20-18-29(19-21-31)48-28-6-3-2-4-7-28)35(32)24-36-42(54)51(49-30-16-14-27(47)15-17-30)44(56)45(36,39)25-10-12-26(46)13-11-25/h2-22,33,35-36,38-39,48-49,52H,23-24H2,1H3. The highest BCUT2D eigenvalue weighted by molar-refractivity contribution is 6.30. The van der Waals surface area contributed by atoms with Crippen LogP contribution in [0.4, 0.5) is 27.1 Å². The van der Waals surface area contributed by atoms with Crippen LogP contribution in [-0.4, -0.2) is 40.9 Å². The molecule has 2 saturated heterocycles. The molecule has 2 aliphatic heterocycles.